The fourth-order valence-electron chi connectivity index (χ4n) is 2.18. The molecule has 3 N–H and O–H groups in total. The molecule has 0 aromatic heterocycles. The van der Waals surface area contributed by atoms with Crippen LogP contribution in [0.3, 0.4) is 0 Å². The van der Waals surface area contributed by atoms with E-state index in [4.69, 9.17) is 10.5 Å². The minimum absolute atomic E-state index is 0.134. The Morgan fingerprint density at radius 1 is 1.08 bits per heavy atom. The van der Waals surface area contributed by atoms with Gasteiger partial charge in [-0.3, -0.25) is 4.79 Å². The highest BCUT2D eigenvalue weighted by molar-refractivity contribution is 5.81. The molecule has 25 heavy (non-hydrogen) atoms. The van der Waals surface area contributed by atoms with E-state index in [0.29, 0.717) is 12.2 Å². The Morgan fingerprint density at radius 3 is 2.32 bits per heavy atom. The number of nitrogens with two attached hydrogens (primary N) is 1. The Hall–Kier alpha value is -2.54. The van der Waals surface area contributed by atoms with E-state index in [1.165, 1.54) is 12.1 Å². The van der Waals surface area contributed by atoms with Gasteiger partial charge in [0.25, 0.3) is 0 Å². The Morgan fingerprint density at radius 2 is 1.72 bits per heavy atom. The molecule has 2 aromatic rings. The van der Waals surface area contributed by atoms with E-state index in [1.54, 1.807) is 0 Å². The van der Waals surface area contributed by atoms with E-state index >= 15 is 0 Å². The summed E-state index contributed by atoms with van der Waals surface area (Å²) in [6.07, 6.45) is -3.95. The fraction of sp³-hybridized carbons (Fsp3) is 0.278. The van der Waals surface area contributed by atoms with Gasteiger partial charge in [0, 0.05) is 0 Å². The van der Waals surface area contributed by atoms with Crippen molar-refractivity contribution in [3.8, 4) is 5.75 Å². The number of alkyl halides is 3. The van der Waals surface area contributed by atoms with Crippen molar-refractivity contribution in [1.29, 1.82) is 0 Å². The van der Waals surface area contributed by atoms with Crippen LogP contribution in [0.4, 0.5) is 13.2 Å². The second kappa shape index (κ2) is 8.53. The van der Waals surface area contributed by atoms with Crippen LogP contribution in [0.15, 0.2) is 54.6 Å². The zero-order valence-electron chi connectivity index (χ0n) is 13.4. The number of halogens is 3. The Balaban J connectivity index is 1.70. The van der Waals surface area contributed by atoms with Gasteiger partial charge in [-0.1, -0.05) is 30.3 Å². The first-order chi connectivity index (χ1) is 11.9. The first-order valence-corrected chi connectivity index (χ1v) is 7.73. The van der Waals surface area contributed by atoms with Crippen LogP contribution >= 0.6 is 0 Å². The van der Waals surface area contributed by atoms with Crippen molar-refractivity contribution in [3.63, 3.8) is 0 Å². The molecule has 0 saturated heterocycles. The molecule has 0 aliphatic heterocycles. The minimum Gasteiger partial charge on any atom is -0.492 e. The molecular formula is C18H19F3N2O2. The molecule has 0 aliphatic rings. The zero-order chi connectivity index (χ0) is 18.3. The monoisotopic (exact) mass is 352 g/mol. The van der Waals surface area contributed by atoms with E-state index in [1.807, 2.05) is 30.3 Å². The average Bonchev–Trinajstić information content (AvgIpc) is 2.59. The Kier molecular flexibility index (Phi) is 6.41. The van der Waals surface area contributed by atoms with E-state index in [9.17, 15) is 18.0 Å². The lowest BCUT2D eigenvalue weighted by Crippen LogP contribution is -2.43. The van der Waals surface area contributed by atoms with E-state index in [-0.39, 0.29) is 19.1 Å². The van der Waals surface area contributed by atoms with Gasteiger partial charge in [0.1, 0.15) is 12.4 Å². The van der Waals surface area contributed by atoms with Crippen molar-refractivity contribution in [2.24, 2.45) is 5.73 Å². The lowest BCUT2D eigenvalue weighted by Gasteiger charge is -2.13. The van der Waals surface area contributed by atoms with Crippen LogP contribution in [0.2, 0.25) is 0 Å². The number of benzene rings is 2. The number of ether oxygens (including phenoxy) is 1. The highest BCUT2D eigenvalue weighted by Gasteiger charge is 2.30. The van der Waals surface area contributed by atoms with Crippen LogP contribution in [0.1, 0.15) is 11.1 Å². The molecule has 0 bridgehead atoms. The molecule has 0 heterocycles. The van der Waals surface area contributed by atoms with Gasteiger partial charge in [0.15, 0.2) is 0 Å². The van der Waals surface area contributed by atoms with Gasteiger partial charge in [-0.2, -0.15) is 13.2 Å². The summed E-state index contributed by atoms with van der Waals surface area (Å²) in [5.41, 5.74) is 6.07. The highest BCUT2D eigenvalue weighted by Crippen LogP contribution is 2.30. The van der Waals surface area contributed by atoms with Crippen LogP contribution in [0.25, 0.3) is 0 Å². The van der Waals surface area contributed by atoms with Crippen LogP contribution in [0.5, 0.6) is 5.75 Å². The van der Waals surface area contributed by atoms with Gasteiger partial charge in [0.05, 0.1) is 18.2 Å². The van der Waals surface area contributed by atoms with Gasteiger partial charge in [-0.15, -0.1) is 0 Å². The van der Waals surface area contributed by atoms with E-state index in [0.717, 1.165) is 17.7 Å². The van der Waals surface area contributed by atoms with Crippen molar-refractivity contribution in [1.82, 2.24) is 5.32 Å². The first kappa shape index (κ1) is 18.8. The summed E-state index contributed by atoms with van der Waals surface area (Å²) in [6, 6.07) is 13.1. The maximum atomic E-state index is 12.4. The number of carbonyl (C=O) groups is 1. The third kappa shape index (κ3) is 6.11. The predicted octanol–water partition coefficient (Wildman–Crippen LogP) is 2.77. The largest absolute Gasteiger partial charge is 0.492 e. The van der Waals surface area contributed by atoms with Crippen LogP contribution in [0, 0.1) is 0 Å². The quantitative estimate of drug-likeness (QED) is 0.753. The zero-order valence-corrected chi connectivity index (χ0v) is 13.4. The summed E-state index contributed by atoms with van der Waals surface area (Å²) in [4.78, 5) is 11.9. The lowest BCUT2D eigenvalue weighted by molar-refractivity contribution is -0.137. The summed E-state index contributed by atoms with van der Waals surface area (Å²) < 4.78 is 42.6. The average molecular weight is 352 g/mol. The Labute approximate surface area is 143 Å². The van der Waals surface area contributed by atoms with Crippen molar-refractivity contribution in [2.75, 3.05) is 13.2 Å². The van der Waals surface area contributed by atoms with Crippen molar-refractivity contribution < 1.29 is 22.7 Å². The summed E-state index contributed by atoms with van der Waals surface area (Å²) in [5, 5.41) is 2.64. The molecular weight excluding hydrogens is 333 g/mol. The maximum Gasteiger partial charge on any atom is 0.416 e. The summed E-state index contributed by atoms with van der Waals surface area (Å²) in [7, 11) is 0. The Bertz CT molecular complexity index is 673. The smallest absolute Gasteiger partial charge is 0.416 e. The molecule has 2 aromatic carbocycles. The summed E-state index contributed by atoms with van der Waals surface area (Å²) in [5.74, 6) is -0.00398. The molecule has 4 nitrogen and oxygen atoms in total. The van der Waals surface area contributed by atoms with Crippen LogP contribution in [-0.4, -0.2) is 25.1 Å². The molecule has 1 amide bonds. The molecule has 0 radical (unpaired) electrons. The van der Waals surface area contributed by atoms with E-state index in [2.05, 4.69) is 5.32 Å². The molecule has 134 valence electrons. The molecule has 1 atom stereocenters. The first-order valence-electron chi connectivity index (χ1n) is 7.73. The SMILES string of the molecule is N[C@@H](Cc1ccccc1)C(=O)NCCOc1ccc(C(F)(F)F)cc1. The van der Waals surface area contributed by atoms with Gasteiger partial charge >= 0.3 is 6.18 Å². The minimum atomic E-state index is -4.37. The van der Waals surface area contributed by atoms with Crippen LogP contribution < -0.4 is 15.8 Å². The number of nitrogens with one attached hydrogen (secondary N) is 1. The normalized spacial score (nSPS) is 12.5. The molecule has 0 fully saturated rings. The topological polar surface area (TPSA) is 64.4 Å². The predicted molar refractivity (Wildman–Crippen MR) is 88.1 cm³/mol. The van der Waals surface area contributed by atoms with Crippen molar-refractivity contribution >= 4 is 5.91 Å². The van der Waals surface area contributed by atoms with Gasteiger partial charge in [0.2, 0.25) is 5.91 Å². The highest BCUT2D eigenvalue weighted by atomic mass is 19.4. The van der Waals surface area contributed by atoms with Gasteiger partial charge in [-0.25, -0.2) is 0 Å². The summed E-state index contributed by atoms with van der Waals surface area (Å²) >= 11 is 0. The number of rotatable bonds is 7. The maximum absolute atomic E-state index is 12.4. The lowest BCUT2D eigenvalue weighted by atomic mass is 10.1. The summed E-state index contributed by atoms with van der Waals surface area (Å²) in [6.45, 7) is 0.345. The van der Waals surface area contributed by atoms with Gasteiger partial charge < -0.3 is 15.8 Å². The second-order valence-electron chi connectivity index (χ2n) is 5.46. The molecule has 0 spiro atoms. The number of hydrogen-bond acceptors (Lipinski definition) is 3. The molecule has 7 heteroatoms. The number of carbonyl (C=O) groups excluding carboxylic acids is 1. The van der Waals surface area contributed by atoms with Crippen molar-refractivity contribution in [2.45, 2.75) is 18.6 Å². The number of hydrogen-bond donors (Lipinski definition) is 2. The molecule has 0 saturated carbocycles. The molecule has 0 unspecified atom stereocenters. The molecule has 2 rings (SSSR count). The third-order valence-corrected chi connectivity index (χ3v) is 3.49. The number of amides is 1. The second-order valence-corrected chi connectivity index (χ2v) is 5.46. The van der Waals surface area contributed by atoms with Gasteiger partial charge in [-0.05, 0) is 36.2 Å². The standard InChI is InChI=1S/C18H19F3N2O2/c19-18(20,21)14-6-8-15(9-7-14)25-11-10-23-17(24)16(22)12-13-4-2-1-3-5-13/h1-9,16H,10-12,22H2,(H,23,24)/t16-/m0/s1. The van der Waals surface area contributed by atoms with E-state index < -0.39 is 17.8 Å². The fourth-order valence-corrected chi connectivity index (χ4v) is 2.18. The van der Waals surface area contributed by atoms with Crippen LogP contribution in [-0.2, 0) is 17.4 Å². The van der Waals surface area contributed by atoms with Crippen molar-refractivity contribution in [3.05, 3.63) is 65.7 Å². The molecule has 0 aliphatic carbocycles. The third-order valence-electron chi connectivity index (χ3n) is 3.49.